The molecule has 2 aliphatic rings. The molecule has 0 amide bonds. The molecule has 7 nitrogen and oxygen atoms in total. The van der Waals surface area contributed by atoms with Gasteiger partial charge in [0, 0.05) is 42.3 Å². The number of nitrogens with zero attached hydrogens (tertiary/aromatic N) is 6. The van der Waals surface area contributed by atoms with Gasteiger partial charge >= 0.3 is 6.18 Å². The van der Waals surface area contributed by atoms with Crippen LogP contribution in [-0.4, -0.2) is 61.1 Å². The number of hydrogen-bond acceptors (Lipinski definition) is 5. The molecule has 11 heteroatoms. The Kier molecular flexibility index (Phi) is 7.60. The molecule has 1 saturated carbocycles. The third-order valence-electron chi connectivity index (χ3n) is 7.66. The topological polar surface area (TPSA) is 61.0 Å². The average Bonchev–Trinajstić information content (AvgIpc) is 3.46. The van der Waals surface area contributed by atoms with Crippen molar-refractivity contribution < 1.29 is 17.9 Å². The van der Waals surface area contributed by atoms with Gasteiger partial charge in [0.15, 0.2) is 0 Å². The van der Waals surface area contributed by atoms with Gasteiger partial charge in [0.2, 0.25) is 0 Å². The van der Waals surface area contributed by atoms with Gasteiger partial charge in [-0.15, -0.1) is 5.10 Å². The molecule has 1 aliphatic carbocycles. The number of benzene rings is 1. The fraction of sp³-hybridized carbons (Fsp3) is 0.577. The smallest absolute Gasteiger partial charge is 0.369 e. The molecule has 1 saturated heterocycles. The summed E-state index contributed by atoms with van der Waals surface area (Å²) in [4.78, 5) is 2.49. The Hall–Kier alpha value is -2.43. The van der Waals surface area contributed by atoms with E-state index in [4.69, 9.17) is 21.4 Å². The van der Waals surface area contributed by atoms with Crippen molar-refractivity contribution in [1.29, 1.82) is 0 Å². The Morgan fingerprint density at radius 3 is 2.46 bits per heavy atom. The minimum atomic E-state index is -4.35. The van der Waals surface area contributed by atoms with Crippen LogP contribution in [0.4, 0.5) is 13.2 Å². The number of ether oxygens (including phenoxy) is 1. The van der Waals surface area contributed by atoms with Crippen LogP contribution in [0.25, 0.3) is 0 Å². The Morgan fingerprint density at radius 1 is 1.08 bits per heavy atom. The van der Waals surface area contributed by atoms with Crippen molar-refractivity contribution in [2.75, 3.05) is 13.2 Å². The van der Waals surface area contributed by atoms with Crippen molar-refractivity contribution in [2.24, 2.45) is 7.05 Å². The van der Waals surface area contributed by atoms with Crippen LogP contribution in [0.1, 0.15) is 60.4 Å². The molecule has 0 bridgehead atoms. The molecule has 5 rings (SSSR count). The van der Waals surface area contributed by atoms with Crippen LogP contribution < -0.4 is 0 Å². The molecular formula is C26H32ClF3N6O. The number of aryl methyl sites for hydroxylation is 2. The quantitative estimate of drug-likeness (QED) is 0.431. The zero-order valence-corrected chi connectivity index (χ0v) is 21.8. The first-order valence-electron chi connectivity index (χ1n) is 12.7. The van der Waals surface area contributed by atoms with Crippen molar-refractivity contribution in [1.82, 2.24) is 29.7 Å². The van der Waals surface area contributed by atoms with Crippen molar-refractivity contribution >= 4 is 11.6 Å². The van der Waals surface area contributed by atoms with E-state index in [0.29, 0.717) is 35.8 Å². The minimum Gasteiger partial charge on any atom is -0.369 e. The lowest BCUT2D eigenvalue weighted by Gasteiger charge is -2.46. The summed E-state index contributed by atoms with van der Waals surface area (Å²) < 4.78 is 47.4. The highest BCUT2D eigenvalue weighted by molar-refractivity contribution is 6.30. The number of hydrogen-bond donors (Lipinski definition) is 0. The number of alkyl halides is 3. The summed E-state index contributed by atoms with van der Waals surface area (Å²) in [6, 6.07) is 10.6. The monoisotopic (exact) mass is 536 g/mol. The molecule has 2 atom stereocenters. The second kappa shape index (κ2) is 10.7. The predicted octanol–water partition coefficient (Wildman–Crippen LogP) is 5.25. The van der Waals surface area contributed by atoms with Crippen molar-refractivity contribution in [3.8, 4) is 0 Å². The summed E-state index contributed by atoms with van der Waals surface area (Å²) in [6.45, 7) is 1.95. The first-order chi connectivity index (χ1) is 17.6. The maximum Gasteiger partial charge on any atom is 0.408 e. The fourth-order valence-corrected chi connectivity index (χ4v) is 5.75. The van der Waals surface area contributed by atoms with Crippen molar-refractivity contribution in [3.05, 3.63) is 64.2 Å². The van der Waals surface area contributed by atoms with Crippen molar-refractivity contribution in [2.45, 2.75) is 75.9 Å². The summed E-state index contributed by atoms with van der Waals surface area (Å²) in [5, 5.41) is 13.1. The largest absolute Gasteiger partial charge is 0.408 e. The standard InChI is InChI=1S/C26H32ClF3N6O/c1-17-11-23(32-34(17)2)19-5-9-21(10-6-19)36-14-25(24-13-35(33-31-24)16-26(28,29)30)37-15-22(36)12-18-3-7-20(27)8-4-18/h3-4,7-8,11,13,19,21-22,25H,5-6,9-10,12,14-16H2,1-2H3/t19?,21?,22-,25+/m0/s1. The van der Waals surface area contributed by atoms with Crippen LogP contribution in [-0.2, 0) is 24.8 Å². The fourth-order valence-electron chi connectivity index (χ4n) is 5.62. The van der Waals surface area contributed by atoms with Gasteiger partial charge in [0.25, 0.3) is 0 Å². The van der Waals surface area contributed by atoms with Gasteiger partial charge in [-0.1, -0.05) is 28.9 Å². The summed E-state index contributed by atoms with van der Waals surface area (Å²) in [5.41, 5.74) is 3.94. The highest BCUT2D eigenvalue weighted by Crippen LogP contribution is 2.37. The molecular weight excluding hydrogens is 505 g/mol. The third kappa shape index (κ3) is 6.35. The first kappa shape index (κ1) is 26.2. The van der Waals surface area contributed by atoms with Gasteiger partial charge < -0.3 is 4.74 Å². The Morgan fingerprint density at radius 2 is 1.81 bits per heavy atom. The number of morpholine rings is 1. The van der Waals surface area contributed by atoms with E-state index in [1.165, 1.54) is 11.8 Å². The Balaban J connectivity index is 1.31. The Labute approximate surface area is 219 Å². The lowest BCUT2D eigenvalue weighted by molar-refractivity contribution is -0.142. The van der Waals surface area contributed by atoms with E-state index in [0.717, 1.165) is 48.2 Å². The van der Waals surface area contributed by atoms with Gasteiger partial charge in [-0.25, -0.2) is 4.68 Å². The third-order valence-corrected chi connectivity index (χ3v) is 7.92. The van der Waals surface area contributed by atoms with Crippen LogP contribution in [0.2, 0.25) is 5.02 Å². The van der Waals surface area contributed by atoms with E-state index in [9.17, 15) is 13.2 Å². The summed E-state index contributed by atoms with van der Waals surface area (Å²) >= 11 is 6.08. The number of halogens is 4. The maximum absolute atomic E-state index is 12.8. The van der Waals surface area contributed by atoms with Crippen LogP contribution >= 0.6 is 11.6 Å². The van der Waals surface area contributed by atoms with Crippen LogP contribution in [0.15, 0.2) is 36.5 Å². The average molecular weight is 537 g/mol. The predicted molar refractivity (Wildman–Crippen MR) is 133 cm³/mol. The molecule has 0 radical (unpaired) electrons. The van der Waals surface area contributed by atoms with E-state index in [2.05, 4.69) is 28.2 Å². The molecule has 37 heavy (non-hydrogen) atoms. The van der Waals surface area contributed by atoms with E-state index in [1.807, 2.05) is 36.0 Å². The molecule has 200 valence electrons. The zero-order valence-electron chi connectivity index (χ0n) is 21.0. The van der Waals surface area contributed by atoms with Gasteiger partial charge in [0.05, 0.1) is 18.5 Å². The molecule has 3 heterocycles. The first-order valence-corrected chi connectivity index (χ1v) is 13.1. The van der Waals surface area contributed by atoms with Gasteiger partial charge in [-0.3, -0.25) is 9.58 Å². The summed E-state index contributed by atoms with van der Waals surface area (Å²) in [5.74, 6) is 0.449. The van der Waals surface area contributed by atoms with Crippen molar-refractivity contribution in [3.63, 3.8) is 0 Å². The Bertz CT molecular complexity index is 1170. The second-order valence-corrected chi connectivity index (χ2v) is 10.7. The van der Waals surface area contributed by atoms with E-state index in [-0.39, 0.29) is 6.04 Å². The van der Waals surface area contributed by atoms with E-state index in [1.54, 1.807) is 0 Å². The normalized spacial score (nSPS) is 25.5. The molecule has 3 aromatic rings. The second-order valence-electron chi connectivity index (χ2n) is 10.3. The SMILES string of the molecule is Cc1cc(C2CCC(N3C[C@H](c4cn(CC(F)(F)F)nn4)OC[C@@H]3Cc3ccc(Cl)cc3)CC2)nn1C. The zero-order chi connectivity index (χ0) is 26.2. The maximum atomic E-state index is 12.8. The van der Waals surface area contributed by atoms with Gasteiger partial charge in [-0.2, -0.15) is 18.3 Å². The van der Waals surface area contributed by atoms with Crippen LogP contribution in [0.3, 0.4) is 0 Å². The highest BCUT2D eigenvalue weighted by atomic mass is 35.5. The number of aromatic nitrogens is 5. The minimum absolute atomic E-state index is 0.154. The molecule has 0 spiro atoms. The number of rotatable bonds is 6. The van der Waals surface area contributed by atoms with Crippen LogP contribution in [0.5, 0.6) is 0 Å². The molecule has 1 aromatic carbocycles. The molecule has 2 aromatic heterocycles. The molecule has 0 N–H and O–H groups in total. The van der Waals surface area contributed by atoms with E-state index < -0.39 is 18.8 Å². The summed E-state index contributed by atoms with van der Waals surface area (Å²) in [7, 11) is 1.98. The highest BCUT2D eigenvalue weighted by Gasteiger charge is 2.38. The van der Waals surface area contributed by atoms with E-state index >= 15 is 0 Å². The summed E-state index contributed by atoms with van der Waals surface area (Å²) in [6.07, 6.45) is 1.58. The molecule has 2 fully saturated rings. The van der Waals surface area contributed by atoms with Crippen LogP contribution in [0, 0.1) is 6.92 Å². The van der Waals surface area contributed by atoms with Gasteiger partial charge in [-0.05, 0) is 62.8 Å². The van der Waals surface area contributed by atoms with Gasteiger partial charge in [0.1, 0.15) is 18.3 Å². The lowest BCUT2D eigenvalue weighted by atomic mass is 9.82. The lowest BCUT2D eigenvalue weighted by Crippen LogP contribution is -2.53. The molecule has 1 aliphatic heterocycles. The molecule has 0 unspecified atom stereocenters.